The molecule has 1 rings (SSSR count). The van der Waals surface area contributed by atoms with E-state index in [4.69, 9.17) is 10.5 Å². The highest BCUT2D eigenvalue weighted by Crippen LogP contribution is 2.24. The third kappa shape index (κ3) is 3.33. The molecule has 18 heavy (non-hydrogen) atoms. The SMILES string of the molecule is CN(C)C=NC(=O)/C(C#N)=C1/CCCN1CC#N. The van der Waals surface area contributed by atoms with E-state index in [2.05, 4.69) is 4.99 Å². The van der Waals surface area contributed by atoms with Crippen LogP contribution in [-0.2, 0) is 4.79 Å². The fraction of sp³-hybridized carbons (Fsp3) is 0.500. The van der Waals surface area contributed by atoms with Crippen LogP contribution < -0.4 is 0 Å². The molecular formula is C12H15N5O. The molecular weight excluding hydrogens is 230 g/mol. The maximum Gasteiger partial charge on any atom is 0.290 e. The third-order valence-electron chi connectivity index (χ3n) is 2.51. The Bertz CT molecular complexity index is 464. The molecule has 6 heteroatoms. The zero-order chi connectivity index (χ0) is 13.5. The van der Waals surface area contributed by atoms with Crippen molar-refractivity contribution in [2.24, 2.45) is 4.99 Å². The first-order chi connectivity index (χ1) is 8.60. The maximum absolute atomic E-state index is 11.8. The summed E-state index contributed by atoms with van der Waals surface area (Å²) in [4.78, 5) is 18.9. The van der Waals surface area contributed by atoms with Gasteiger partial charge >= 0.3 is 0 Å². The molecule has 1 aliphatic heterocycles. The topological polar surface area (TPSA) is 83.5 Å². The number of aliphatic imine (C=N–C) groups is 1. The van der Waals surface area contributed by atoms with Gasteiger partial charge in [-0.25, -0.2) is 0 Å². The molecule has 1 heterocycles. The first kappa shape index (κ1) is 13.7. The van der Waals surface area contributed by atoms with E-state index < -0.39 is 5.91 Å². The van der Waals surface area contributed by atoms with Gasteiger partial charge in [-0.05, 0) is 12.8 Å². The molecule has 0 radical (unpaired) electrons. The fourth-order valence-electron chi connectivity index (χ4n) is 1.74. The highest BCUT2D eigenvalue weighted by atomic mass is 16.1. The second-order valence-corrected chi connectivity index (χ2v) is 4.13. The lowest BCUT2D eigenvalue weighted by Gasteiger charge is -2.16. The van der Waals surface area contributed by atoms with E-state index in [-0.39, 0.29) is 12.1 Å². The predicted octanol–water partition coefficient (Wildman–Crippen LogP) is 0.500. The minimum Gasteiger partial charge on any atom is -0.369 e. The minimum atomic E-state index is -0.550. The summed E-state index contributed by atoms with van der Waals surface area (Å²) in [5, 5.41) is 17.8. The van der Waals surface area contributed by atoms with Gasteiger partial charge in [0, 0.05) is 26.3 Å². The molecule has 6 nitrogen and oxygen atoms in total. The molecule has 0 aromatic heterocycles. The van der Waals surface area contributed by atoms with Crippen LogP contribution in [0.1, 0.15) is 12.8 Å². The van der Waals surface area contributed by atoms with Crippen molar-refractivity contribution in [1.82, 2.24) is 9.80 Å². The van der Waals surface area contributed by atoms with Crippen LogP contribution in [0.3, 0.4) is 0 Å². The number of allylic oxidation sites excluding steroid dienone is 1. The average Bonchev–Trinajstić information content (AvgIpc) is 2.76. The molecule has 0 saturated carbocycles. The molecule has 0 aromatic rings. The second kappa shape index (κ2) is 6.41. The molecule has 0 N–H and O–H groups in total. The van der Waals surface area contributed by atoms with Crippen LogP contribution in [-0.4, -0.2) is 49.2 Å². The van der Waals surface area contributed by atoms with Gasteiger partial charge < -0.3 is 9.80 Å². The normalized spacial score (nSPS) is 17.4. The molecule has 0 aromatic carbocycles. The van der Waals surface area contributed by atoms with E-state index in [0.717, 1.165) is 6.42 Å². The Balaban J connectivity index is 2.98. The summed E-state index contributed by atoms with van der Waals surface area (Å²) in [5.41, 5.74) is 0.681. The van der Waals surface area contributed by atoms with Crippen molar-refractivity contribution in [2.75, 3.05) is 27.2 Å². The van der Waals surface area contributed by atoms with Crippen molar-refractivity contribution in [3.63, 3.8) is 0 Å². The molecule has 94 valence electrons. The van der Waals surface area contributed by atoms with Crippen molar-refractivity contribution in [2.45, 2.75) is 12.8 Å². The van der Waals surface area contributed by atoms with Gasteiger partial charge in [-0.15, -0.1) is 0 Å². The Morgan fingerprint density at radius 3 is 2.83 bits per heavy atom. The van der Waals surface area contributed by atoms with E-state index in [1.165, 1.54) is 6.34 Å². The molecule has 0 bridgehead atoms. The zero-order valence-electron chi connectivity index (χ0n) is 10.6. The fourth-order valence-corrected chi connectivity index (χ4v) is 1.74. The lowest BCUT2D eigenvalue weighted by atomic mass is 10.1. The largest absolute Gasteiger partial charge is 0.369 e. The highest BCUT2D eigenvalue weighted by Gasteiger charge is 2.24. The van der Waals surface area contributed by atoms with E-state index >= 15 is 0 Å². The summed E-state index contributed by atoms with van der Waals surface area (Å²) in [6, 6.07) is 3.93. The van der Waals surface area contributed by atoms with Crippen LogP contribution in [0.5, 0.6) is 0 Å². The van der Waals surface area contributed by atoms with Crippen LogP contribution in [0.4, 0.5) is 0 Å². The van der Waals surface area contributed by atoms with Crippen molar-refractivity contribution >= 4 is 12.2 Å². The molecule has 1 saturated heterocycles. The monoisotopic (exact) mass is 245 g/mol. The lowest BCUT2D eigenvalue weighted by Crippen LogP contribution is -2.21. The molecule has 0 unspecified atom stereocenters. The molecule has 1 amide bonds. The Morgan fingerprint density at radius 2 is 2.28 bits per heavy atom. The van der Waals surface area contributed by atoms with E-state index in [0.29, 0.717) is 18.7 Å². The van der Waals surface area contributed by atoms with Gasteiger partial charge in [0.2, 0.25) is 0 Å². The highest BCUT2D eigenvalue weighted by molar-refractivity contribution is 6.01. The quantitative estimate of drug-likeness (QED) is 0.238. The van der Waals surface area contributed by atoms with Gasteiger partial charge in [0.15, 0.2) is 0 Å². The van der Waals surface area contributed by atoms with Crippen LogP contribution in [0.15, 0.2) is 16.3 Å². The van der Waals surface area contributed by atoms with E-state index in [1.807, 2.05) is 12.1 Å². The first-order valence-corrected chi connectivity index (χ1v) is 5.60. The van der Waals surface area contributed by atoms with Crippen LogP contribution >= 0.6 is 0 Å². The van der Waals surface area contributed by atoms with Crippen LogP contribution in [0.2, 0.25) is 0 Å². The number of carbonyl (C=O) groups excluding carboxylic acids is 1. The number of amides is 1. The zero-order valence-corrected chi connectivity index (χ0v) is 10.6. The number of nitrogens with zero attached hydrogens (tertiary/aromatic N) is 5. The summed E-state index contributed by atoms with van der Waals surface area (Å²) < 4.78 is 0. The summed E-state index contributed by atoms with van der Waals surface area (Å²) in [6.07, 6.45) is 2.87. The van der Waals surface area contributed by atoms with Gasteiger partial charge in [0.1, 0.15) is 18.2 Å². The van der Waals surface area contributed by atoms with Crippen LogP contribution in [0, 0.1) is 22.7 Å². The molecule has 0 spiro atoms. The molecule has 1 fully saturated rings. The summed E-state index contributed by atoms with van der Waals surface area (Å²) in [6.45, 7) is 0.907. The maximum atomic E-state index is 11.8. The predicted molar refractivity (Wildman–Crippen MR) is 66.2 cm³/mol. The Kier molecular flexibility index (Phi) is 4.89. The molecule has 0 aliphatic carbocycles. The Morgan fingerprint density at radius 1 is 1.56 bits per heavy atom. The summed E-state index contributed by atoms with van der Waals surface area (Å²) in [5.74, 6) is -0.550. The standard InChI is InChI=1S/C12H15N5O/c1-16(2)9-15-12(18)10(8-14)11-4-3-6-17(11)7-5-13/h9H,3-4,6-7H2,1-2H3/b11-10-,15-9?. The number of hydrogen-bond donors (Lipinski definition) is 0. The summed E-state index contributed by atoms with van der Waals surface area (Å²) in [7, 11) is 3.49. The van der Waals surface area contributed by atoms with E-state index in [1.54, 1.807) is 23.9 Å². The first-order valence-electron chi connectivity index (χ1n) is 5.60. The Hall–Kier alpha value is -2.34. The van der Waals surface area contributed by atoms with Crippen molar-refractivity contribution in [1.29, 1.82) is 10.5 Å². The number of carbonyl (C=O) groups is 1. The molecule has 0 atom stereocenters. The number of hydrogen-bond acceptors (Lipinski definition) is 4. The van der Waals surface area contributed by atoms with Crippen molar-refractivity contribution < 1.29 is 4.79 Å². The lowest BCUT2D eigenvalue weighted by molar-refractivity contribution is -0.114. The van der Waals surface area contributed by atoms with Gasteiger partial charge in [-0.1, -0.05) is 0 Å². The van der Waals surface area contributed by atoms with Crippen molar-refractivity contribution in [3.8, 4) is 12.1 Å². The smallest absolute Gasteiger partial charge is 0.290 e. The number of likely N-dealkylation sites (tertiary alicyclic amines) is 1. The van der Waals surface area contributed by atoms with Crippen molar-refractivity contribution in [3.05, 3.63) is 11.3 Å². The van der Waals surface area contributed by atoms with E-state index in [9.17, 15) is 4.79 Å². The third-order valence-corrected chi connectivity index (χ3v) is 2.51. The number of rotatable bonds is 3. The van der Waals surface area contributed by atoms with Gasteiger partial charge in [-0.3, -0.25) is 4.79 Å². The Labute approximate surface area is 106 Å². The van der Waals surface area contributed by atoms with Crippen LogP contribution in [0.25, 0.3) is 0 Å². The average molecular weight is 245 g/mol. The minimum absolute atomic E-state index is 0.0425. The number of nitriles is 2. The summed E-state index contributed by atoms with van der Waals surface area (Å²) >= 11 is 0. The van der Waals surface area contributed by atoms with Gasteiger partial charge in [0.25, 0.3) is 5.91 Å². The van der Waals surface area contributed by atoms with Gasteiger partial charge in [0.05, 0.1) is 12.4 Å². The second-order valence-electron chi connectivity index (χ2n) is 4.13. The van der Waals surface area contributed by atoms with Gasteiger partial charge in [-0.2, -0.15) is 15.5 Å². The molecule has 1 aliphatic rings.